The number of piperazine rings is 1. The van der Waals surface area contributed by atoms with Gasteiger partial charge in [0.25, 0.3) is 5.56 Å². The molecule has 4 rings (SSSR count). The highest BCUT2D eigenvalue weighted by atomic mass is 35.5. The third-order valence-corrected chi connectivity index (χ3v) is 5.84. The van der Waals surface area contributed by atoms with Gasteiger partial charge in [-0.05, 0) is 24.3 Å². The number of benzene rings is 1. The van der Waals surface area contributed by atoms with Crippen LogP contribution in [0.25, 0.3) is 11.0 Å². The largest absolute Gasteiger partial charge is 0.496 e. The molecule has 1 aromatic carbocycles. The predicted molar refractivity (Wildman–Crippen MR) is 124 cm³/mol. The summed E-state index contributed by atoms with van der Waals surface area (Å²) in [6.07, 6.45) is 0. The van der Waals surface area contributed by atoms with Crippen molar-refractivity contribution in [1.29, 1.82) is 5.26 Å². The summed E-state index contributed by atoms with van der Waals surface area (Å²) in [5.74, 6) is 0.760. The van der Waals surface area contributed by atoms with Gasteiger partial charge in [0.2, 0.25) is 0 Å². The van der Waals surface area contributed by atoms with Crippen molar-refractivity contribution in [2.75, 3.05) is 38.2 Å². The maximum atomic E-state index is 12.4. The first kappa shape index (κ1) is 22.9. The van der Waals surface area contributed by atoms with E-state index >= 15 is 0 Å². The highest BCUT2D eigenvalue weighted by molar-refractivity contribution is 6.31. The molecule has 162 valence electrons. The van der Waals surface area contributed by atoms with Crippen LogP contribution in [0.1, 0.15) is 18.6 Å². The topological polar surface area (TPSA) is 85.2 Å². The third kappa shape index (κ3) is 4.47. The summed E-state index contributed by atoms with van der Waals surface area (Å²) in [7, 11) is 1.63. The van der Waals surface area contributed by atoms with E-state index < -0.39 is 5.56 Å². The molecule has 3 heterocycles. The molecule has 2 aromatic heterocycles. The van der Waals surface area contributed by atoms with Crippen LogP contribution in [0.5, 0.6) is 5.75 Å². The molecule has 0 bridgehead atoms. The molecule has 0 aliphatic carbocycles. The Morgan fingerprint density at radius 1 is 1.19 bits per heavy atom. The number of methoxy groups -OCH3 is 1. The van der Waals surface area contributed by atoms with Crippen LogP contribution in [0.4, 0.5) is 5.69 Å². The zero-order valence-electron chi connectivity index (χ0n) is 16.3. The van der Waals surface area contributed by atoms with Crippen molar-refractivity contribution in [2.24, 2.45) is 0 Å². The molecule has 1 saturated heterocycles. The molecule has 0 saturated carbocycles. The fraction of sp³-hybridized carbons (Fsp3) is 0.318. The first-order valence-electron chi connectivity index (χ1n) is 9.43. The normalized spacial score (nSPS) is 14.2. The van der Waals surface area contributed by atoms with Crippen LogP contribution in [0, 0.1) is 11.3 Å². The number of hydrogen-bond donors (Lipinski definition) is 1. The minimum absolute atomic E-state index is 0. The monoisotopic (exact) mass is 459 g/mol. The number of ether oxygens (including phenoxy) is 1. The molecule has 0 spiro atoms. The Balaban J connectivity index is 0.00000272. The minimum Gasteiger partial charge on any atom is -0.496 e. The van der Waals surface area contributed by atoms with Crippen LogP contribution in [0.3, 0.4) is 0 Å². The molecule has 0 atom stereocenters. The Labute approximate surface area is 190 Å². The van der Waals surface area contributed by atoms with Gasteiger partial charge in [-0.25, -0.2) is 4.98 Å². The number of aromatic amines is 1. The number of anilines is 1. The van der Waals surface area contributed by atoms with Crippen molar-refractivity contribution in [2.45, 2.75) is 14.0 Å². The molecule has 7 nitrogen and oxygen atoms in total. The second-order valence-corrected chi connectivity index (χ2v) is 7.80. The Morgan fingerprint density at radius 2 is 1.94 bits per heavy atom. The van der Waals surface area contributed by atoms with Gasteiger partial charge in [0.1, 0.15) is 28.1 Å². The molecular formula is C22H23Cl2N5O2. The van der Waals surface area contributed by atoms with Crippen molar-refractivity contribution in [3.8, 4) is 11.8 Å². The average Bonchev–Trinajstić information content (AvgIpc) is 2.75. The first-order chi connectivity index (χ1) is 14.5. The van der Waals surface area contributed by atoms with Crippen LogP contribution >= 0.6 is 23.2 Å². The van der Waals surface area contributed by atoms with E-state index in [0.717, 1.165) is 24.4 Å². The van der Waals surface area contributed by atoms with Gasteiger partial charge >= 0.3 is 0 Å². The molecule has 1 aliphatic heterocycles. The molecule has 31 heavy (non-hydrogen) atoms. The average molecular weight is 460 g/mol. The summed E-state index contributed by atoms with van der Waals surface area (Å²) >= 11 is 12.5. The third-order valence-electron chi connectivity index (χ3n) is 5.28. The molecule has 0 radical (unpaired) electrons. The summed E-state index contributed by atoms with van der Waals surface area (Å²) < 4.78 is 5.44. The lowest BCUT2D eigenvalue weighted by atomic mass is 10.1. The number of nitrogens with zero attached hydrogens (tertiary/aromatic N) is 4. The van der Waals surface area contributed by atoms with E-state index in [-0.39, 0.29) is 13.0 Å². The Kier molecular flexibility index (Phi) is 7.06. The number of H-pyrrole nitrogens is 1. The van der Waals surface area contributed by atoms with Gasteiger partial charge in [-0.3, -0.25) is 9.69 Å². The summed E-state index contributed by atoms with van der Waals surface area (Å²) in [6, 6.07) is 11.0. The molecule has 0 unspecified atom stereocenters. The molecule has 1 N–H and O–H groups in total. The predicted octanol–water partition coefficient (Wildman–Crippen LogP) is 4.07. The van der Waals surface area contributed by atoms with E-state index in [9.17, 15) is 10.1 Å². The van der Waals surface area contributed by atoms with Gasteiger partial charge in [0, 0.05) is 43.3 Å². The molecule has 1 aliphatic rings. The van der Waals surface area contributed by atoms with Gasteiger partial charge in [-0.15, -0.1) is 0 Å². The number of halogens is 2. The van der Waals surface area contributed by atoms with Crippen molar-refractivity contribution >= 4 is 39.9 Å². The Morgan fingerprint density at radius 3 is 2.61 bits per heavy atom. The Bertz CT molecular complexity index is 1200. The van der Waals surface area contributed by atoms with Crippen LogP contribution < -0.4 is 15.2 Å². The van der Waals surface area contributed by atoms with Crippen molar-refractivity contribution in [3.05, 3.63) is 62.0 Å². The maximum Gasteiger partial charge on any atom is 0.268 e. The number of fused-ring (bicyclic) bond motifs is 1. The van der Waals surface area contributed by atoms with Crippen molar-refractivity contribution < 1.29 is 4.74 Å². The van der Waals surface area contributed by atoms with Gasteiger partial charge in [0.05, 0.1) is 18.3 Å². The fourth-order valence-corrected chi connectivity index (χ4v) is 4.15. The first-order valence-corrected chi connectivity index (χ1v) is 10.2. The van der Waals surface area contributed by atoms with E-state index in [1.165, 1.54) is 0 Å². The lowest BCUT2D eigenvalue weighted by Crippen LogP contribution is -2.46. The van der Waals surface area contributed by atoms with E-state index in [2.05, 4.69) is 14.9 Å². The second kappa shape index (κ2) is 9.56. The van der Waals surface area contributed by atoms with Gasteiger partial charge in [-0.2, -0.15) is 5.26 Å². The van der Waals surface area contributed by atoms with Crippen molar-refractivity contribution in [3.63, 3.8) is 0 Å². The summed E-state index contributed by atoms with van der Waals surface area (Å²) in [4.78, 5) is 23.8. The lowest BCUT2D eigenvalue weighted by molar-refractivity contribution is 0.246. The summed E-state index contributed by atoms with van der Waals surface area (Å²) in [5.41, 5.74) is 2.20. The van der Waals surface area contributed by atoms with Crippen LogP contribution in [0.2, 0.25) is 10.2 Å². The SMILES string of the molecule is C.COc1cccc(Cl)c1CN1CCN(c2c(C#N)c(=O)[nH]c3ccc(Cl)nc23)CC1. The molecule has 0 amide bonds. The highest BCUT2D eigenvalue weighted by Gasteiger charge is 2.25. The molecule has 3 aromatic rings. The summed E-state index contributed by atoms with van der Waals surface area (Å²) in [5, 5.41) is 10.6. The Hall–Kier alpha value is -2.79. The number of hydrogen-bond acceptors (Lipinski definition) is 6. The van der Waals surface area contributed by atoms with Crippen LogP contribution in [-0.2, 0) is 6.54 Å². The van der Waals surface area contributed by atoms with Crippen LogP contribution in [-0.4, -0.2) is 48.2 Å². The van der Waals surface area contributed by atoms with E-state index in [1.54, 1.807) is 19.2 Å². The van der Waals surface area contributed by atoms with Crippen LogP contribution in [0.15, 0.2) is 35.1 Å². The maximum absolute atomic E-state index is 12.4. The van der Waals surface area contributed by atoms with Crippen molar-refractivity contribution in [1.82, 2.24) is 14.9 Å². The quantitative estimate of drug-likeness (QED) is 0.591. The number of rotatable bonds is 4. The number of nitriles is 1. The zero-order chi connectivity index (χ0) is 21.3. The van der Waals surface area contributed by atoms with Gasteiger partial charge in [-0.1, -0.05) is 36.7 Å². The second-order valence-electron chi connectivity index (χ2n) is 7.00. The zero-order valence-corrected chi connectivity index (χ0v) is 17.8. The van der Waals surface area contributed by atoms with E-state index in [4.69, 9.17) is 27.9 Å². The molecular weight excluding hydrogens is 437 g/mol. The highest BCUT2D eigenvalue weighted by Crippen LogP contribution is 2.30. The van der Waals surface area contributed by atoms with E-state index in [0.29, 0.717) is 46.5 Å². The standard InChI is InChI=1S/C21H19Cl2N5O2.CH4/c1-30-17-4-2-3-15(22)14(17)12-27-7-9-28(10-8-27)20-13(11-24)21(29)25-16-5-6-18(23)26-19(16)20;/h2-6H,7-10,12H2,1H3,(H,25,29);1H4. The fourth-order valence-electron chi connectivity index (χ4n) is 3.78. The number of nitrogens with one attached hydrogen (secondary N) is 1. The van der Waals surface area contributed by atoms with E-state index in [1.807, 2.05) is 29.2 Å². The smallest absolute Gasteiger partial charge is 0.268 e. The van der Waals surface area contributed by atoms with Gasteiger partial charge < -0.3 is 14.6 Å². The minimum atomic E-state index is -0.424. The summed E-state index contributed by atoms with van der Waals surface area (Å²) in [6.45, 7) is 3.38. The van der Waals surface area contributed by atoms with Gasteiger partial charge in [0.15, 0.2) is 0 Å². The number of aromatic nitrogens is 2. The molecule has 1 fully saturated rings. The number of pyridine rings is 2. The lowest BCUT2D eigenvalue weighted by Gasteiger charge is -2.36. The molecule has 9 heteroatoms.